The molecule has 0 saturated heterocycles. The summed E-state index contributed by atoms with van der Waals surface area (Å²) in [4.78, 5) is 20.7. The summed E-state index contributed by atoms with van der Waals surface area (Å²) in [5.41, 5.74) is 0.795. The summed E-state index contributed by atoms with van der Waals surface area (Å²) in [6.45, 7) is 3.42. The molecular formula is C16H13Cl2N5O2. The van der Waals surface area contributed by atoms with Crippen LogP contribution >= 0.6 is 23.2 Å². The smallest absolute Gasteiger partial charge is 0.275 e. The maximum atomic E-state index is 12.3. The van der Waals surface area contributed by atoms with Crippen LogP contribution in [0.5, 0.6) is 0 Å². The minimum Gasteiger partial charge on any atom is -0.360 e. The van der Waals surface area contributed by atoms with Gasteiger partial charge >= 0.3 is 0 Å². The fraction of sp³-hybridized carbons (Fsp3) is 0.125. The molecule has 128 valence electrons. The summed E-state index contributed by atoms with van der Waals surface area (Å²) in [7, 11) is 0. The maximum absolute atomic E-state index is 12.3. The van der Waals surface area contributed by atoms with Gasteiger partial charge in [-0.2, -0.15) is 0 Å². The van der Waals surface area contributed by atoms with E-state index in [1.807, 2.05) is 0 Å². The lowest BCUT2D eigenvalue weighted by molar-refractivity contribution is 0.102. The van der Waals surface area contributed by atoms with Crippen LogP contribution in [0.4, 0.5) is 17.3 Å². The highest BCUT2D eigenvalue weighted by Gasteiger charge is 2.13. The SMILES string of the molecule is Cc1nc(Nc2ccc(Cl)cc2Cl)cc(C(=O)Nc2cc(C)on2)n1. The Labute approximate surface area is 153 Å². The van der Waals surface area contributed by atoms with Crippen molar-refractivity contribution in [3.63, 3.8) is 0 Å². The standard InChI is InChI=1S/C16H13Cl2N5O2/c1-8-5-15(23-25-8)22-16(24)13-7-14(20-9(2)19-13)21-12-4-3-10(17)6-11(12)18/h3-7H,1-2H3,(H,19,20,21)(H,22,23,24). The van der Waals surface area contributed by atoms with Crippen molar-refractivity contribution < 1.29 is 9.32 Å². The van der Waals surface area contributed by atoms with E-state index in [4.69, 9.17) is 27.7 Å². The Morgan fingerprint density at radius 2 is 1.88 bits per heavy atom. The number of anilines is 3. The summed E-state index contributed by atoms with van der Waals surface area (Å²) in [6, 6.07) is 8.16. The number of benzene rings is 1. The fourth-order valence-electron chi connectivity index (χ4n) is 2.08. The normalized spacial score (nSPS) is 10.6. The van der Waals surface area contributed by atoms with Crippen molar-refractivity contribution in [2.45, 2.75) is 13.8 Å². The Bertz CT molecular complexity index is 942. The second kappa shape index (κ2) is 7.08. The average molecular weight is 378 g/mol. The van der Waals surface area contributed by atoms with Gasteiger partial charge in [0.1, 0.15) is 23.1 Å². The third-order valence-electron chi connectivity index (χ3n) is 3.13. The molecule has 0 saturated carbocycles. The van der Waals surface area contributed by atoms with Crippen LogP contribution < -0.4 is 10.6 Å². The molecular weight excluding hydrogens is 365 g/mol. The first-order valence-electron chi connectivity index (χ1n) is 7.23. The minimum absolute atomic E-state index is 0.181. The van der Waals surface area contributed by atoms with Crippen molar-refractivity contribution in [3.8, 4) is 0 Å². The van der Waals surface area contributed by atoms with E-state index in [-0.39, 0.29) is 5.69 Å². The number of nitrogens with zero attached hydrogens (tertiary/aromatic N) is 3. The molecule has 9 heteroatoms. The molecule has 0 spiro atoms. The molecule has 1 aromatic carbocycles. The molecule has 0 aliphatic heterocycles. The molecule has 7 nitrogen and oxygen atoms in total. The van der Waals surface area contributed by atoms with Gasteiger partial charge in [0, 0.05) is 17.2 Å². The second-order valence-electron chi connectivity index (χ2n) is 5.21. The molecule has 2 heterocycles. The van der Waals surface area contributed by atoms with Gasteiger partial charge in [-0.25, -0.2) is 9.97 Å². The zero-order chi connectivity index (χ0) is 18.0. The van der Waals surface area contributed by atoms with Crippen molar-refractivity contribution in [3.05, 3.63) is 57.7 Å². The first kappa shape index (κ1) is 17.2. The lowest BCUT2D eigenvalue weighted by Gasteiger charge is -2.10. The first-order chi connectivity index (χ1) is 11.9. The number of halogens is 2. The summed E-state index contributed by atoms with van der Waals surface area (Å²) in [6.07, 6.45) is 0. The summed E-state index contributed by atoms with van der Waals surface area (Å²) in [5, 5.41) is 10.3. The van der Waals surface area contributed by atoms with Gasteiger partial charge in [-0.1, -0.05) is 28.4 Å². The molecule has 0 atom stereocenters. The molecule has 3 rings (SSSR count). The fourth-order valence-corrected chi connectivity index (χ4v) is 2.54. The lowest BCUT2D eigenvalue weighted by Crippen LogP contribution is -2.15. The highest BCUT2D eigenvalue weighted by Crippen LogP contribution is 2.27. The van der Waals surface area contributed by atoms with Crippen LogP contribution in [-0.2, 0) is 0 Å². The van der Waals surface area contributed by atoms with Crippen molar-refractivity contribution >= 4 is 46.4 Å². The van der Waals surface area contributed by atoms with Gasteiger partial charge in [0.25, 0.3) is 5.91 Å². The second-order valence-corrected chi connectivity index (χ2v) is 6.06. The number of amides is 1. The van der Waals surface area contributed by atoms with E-state index < -0.39 is 5.91 Å². The molecule has 0 aliphatic rings. The highest BCUT2D eigenvalue weighted by molar-refractivity contribution is 6.36. The molecule has 3 aromatic rings. The number of hydrogen-bond donors (Lipinski definition) is 2. The van der Waals surface area contributed by atoms with Crippen molar-refractivity contribution in [2.24, 2.45) is 0 Å². The highest BCUT2D eigenvalue weighted by atomic mass is 35.5. The number of hydrogen-bond acceptors (Lipinski definition) is 6. The van der Waals surface area contributed by atoms with E-state index in [9.17, 15) is 4.79 Å². The maximum Gasteiger partial charge on any atom is 0.275 e. The van der Waals surface area contributed by atoms with Crippen molar-refractivity contribution in [1.29, 1.82) is 0 Å². The largest absolute Gasteiger partial charge is 0.360 e. The topological polar surface area (TPSA) is 92.9 Å². The lowest BCUT2D eigenvalue weighted by atomic mass is 10.3. The molecule has 1 amide bonds. The first-order valence-corrected chi connectivity index (χ1v) is 7.99. The predicted octanol–water partition coefficient (Wildman–Crippen LogP) is 4.38. The molecule has 25 heavy (non-hydrogen) atoms. The van der Waals surface area contributed by atoms with Crippen LogP contribution in [0.2, 0.25) is 10.0 Å². The Morgan fingerprint density at radius 1 is 1.08 bits per heavy atom. The van der Waals surface area contributed by atoms with Gasteiger partial charge in [0.2, 0.25) is 0 Å². The van der Waals surface area contributed by atoms with E-state index in [2.05, 4.69) is 25.8 Å². The summed E-state index contributed by atoms with van der Waals surface area (Å²) < 4.78 is 4.92. The zero-order valence-corrected chi connectivity index (χ0v) is 14.8. The monoisotopic (exact) mass is 377 g/mol. The van der Waals surface area contributed by atoms with Crippen LogP contribution in [0.25, 0.3) is 0 Å². The summed E-state index contributed by atoms with van der Waals surface area (Å²) in [5.74, 6) is 1.33. The van der Waals surface area contributed by atoms with E-state index >= 15 is 0 Å². The van der Waals surface area contributed by atoms with E-state index in [0.717, 1.165) is 0 Å². The van der Waals surface area contributed by atoms with E-state index in [1.165, 1.54) is 6.07 Å². The summed E-state index contributed by atoms with van der Waals surface area (Å²) >= 11 is 12.0. The van der Waals surface area contributed by atoms with Crippen LogP contribution in [-0.4, -0.2) is 21.0 Å². The van der Waals surface area contributed by atoms with Gasteiger partial charge in [-0.3, -0.25) is 4.79 Å². The quantitative estimate of drug-likeness (QED) is 0.700. The Hall–Kier alpha value is -2.64. The van der Waals surface area contributed by atoms with Crippen LogP contribution in [0.3, 0.4) is 0 Å². The van der Waals surface area contributed by atoms with Crippen molar-refractivity contribution in [1.82, 2.24) is 15.1 Å². The number of carbonyl (C=O) groups excluding carboxylic acids is 1. The molecule has 0 unspecified atom stereocenters. The van der Waals surface area contributed by atoms with Crippen LogP contribution in [0, 0.1) is 13.8 Å². The third-order valence-corrected chi connectivity index (χ3v) is 3.68. The van der Waals surface area contributed by atoms with Gasteiger partial charge in [0.15, 0.2) is 5.82 Å². The number of aryl methyl sites for hydroxylation is 2. The molecule has 0 fully saturated rings. The predicted molar refractivity (Wildman–Crippen MR) is 95.7 cm³/mol. The van der Waals surface area contributed by atoms with Gasteiger partial charge < -0.3 is 15.2 Å². The third kappa shape index (κ3) is 4.26. The van der Waals surface area contributed by atoms with Gasteiger partial charge in [-0.05, 0) is 32.0 Å². The number of carbonyl (C=O) groups is 1. The molecule has 0 bridgehead atoms. The number of nitrogens with one attached hydrogen (secondary N) is 2. The molecule has 0 aliphatic carbocycles. The van der Waals surface area contributed by atoms with Crippen molar-refractivity contribution in [2.75, 3.05) is 10.6 Å². The van der Waals surface area contributed by atoms with Crippen LogP contribution in [0.15, 0.2) is 34.9 Å². The molecule has 2 aromatic heterocycles. The number of aromatic nitrogens is 3. The minimum atomic E-state index is -0.427. The molecule has 0 radical (unpaired) electrons. The Morgan fingerprint density at radius 3 is 2.56 bits per heavy atom. The average Bonchev–Trinajstić information content (AvgIpc) is 2.94. The molecule has 2 N–H and O–H groups in total. The van der Waals surface area contributed by atoms with Gasteiger partial charge in [0.05, 0.1) is 10.7 Å². The Kier molecular flexibility index (Phi) is 4.87. The van der Waals surface area contributed by atoms with Gasteiger partial charge in [-0.15, -0.1) is 0 Å². The zero-order valence-electron chi connectivity index (χ0n) is 13.3. The van der Waals surface area contributed by atoms with E-state index in [1.54, 1.807) is 38.1 Å². The van der Waals surface area contributed by atoms with Crippen LogP contribution in [0.1, 0.15) is 22.1 Å². The van der Waals surface area contributed by atoms with E-state index in [0.29, 0.717) is 39.0 Å². The Balaban J connectivity index is 1.83. The number of rotatable bonds is 4.